The van der Waals surface area contributed by atoms with Crippen LogP contribution in [0.2, 0.25) is 0 Å². The van der Waals surface area contributed by atoms with Gasteiger partial charge in [0.1, 0.15) is 0 Å². The Bertz CT molecular complexity index is 359. The lowest BCUT2D eigenvalue weighted by Gasteiger charge is -2.33. The molecule has 0 aromatic heterocycles. The van der Waals surface area contributed by atoms with Crippen LogP contribution >= 0.6 is 22.6 Å². The van der Waals surface area contributed by atoms with Crippen molar-refractivity contribution in [1.29, 1.82) is 0 Å². The molecule has 16 heavy (non-hydrogen) atoms. The normalized spacial score (nSPS) is 19.3. The van der Waals surface area contributed by atoms with Crippen LogP contribution in [-0.2, 0) is 0 Å². The summed E-state index contributed by atoms with van der Waals surface area (Å²) >= 11 is 2.36. The van der Waals surface area contributed by atoms with Crippen LogP contribution < -0.4 is 5.32 Å². The molecule has 86 valence electrons. The van der Waals surface area contributed by atoms with Crippen LogP contribution in [0.15, 0.2) is 36.9 Å². The van der Waals surface area contributed by atoms with Crippen LogP contribution in [0.4, 0.5) is 0 Å². The largest absolute Gasteiger partial charge is 0.314 e. The monoisotopic (exact) mass is 328 g/mol. The van der Waals surface area contributed by atoms with Gasteiger partial charge in [0.25, 0.3) is 0 Å². The Balaban J connectivity index is 2.17. The Morgan fingerprint density at radius 1 is 1.38 bits per heavy atom. The Hall–Kier alpha value is -0.390. The first-order chi connectivity index (χ1) is 7.81. The van der Waals surface area contributed by atoms with Crippen LogP contribution in [0.25, 0.3) is 0 Å². The predicted octanol–water partition coefficient (Wildman–Crippen LogP) is 2.42. The molecule has 0 aliphatic carbocycles. The van der Waals surface area contributed by atoms with E-state index >= 15 is 0 Å². The number of piperazine rings is 1. The number of nitrogens with one attached hydrogen (secondary N) is 1. The van der Waals surface area contributed by atoms with Crippen molar-refractivity contribution in [3.63, 3.8) is 0 Å². The standard InChI is InChI=1S/C13H17IN2/c1-2-13(16-8-6-15-7-9-16)11-4-3-5-12(14)10-11/h2-5,10,13,15H,1,6-9H2/t13-/m0/s1. The maximum absolute atomic E-state index is 3.98. The zero-order valence-corrected chi connectivity index (χ0v) is 11.5. The van der Waals surface area contributed by atoms with Crippen LogP contribution in [0.1, 0.15) is 11.6 Å². The molecule has 3 heteroatoms. The average Bonchev–Trinajstić information content (AvgIpc) is 2.31. The molecule has 1 atom stereocenters. The highest BCUT2D eigenvalue weighted by Gasteiger charge is 2.19. The number of nitrogens with zero attached hydrogens (tertiary/aromatic N) is 1. The number of hydrogen-bond acceptors (Lipinski definition) is 2. The molecule has 2 rings (SSSR count). The third-order valence-corrected chi connectivity index (χ3v) is 3.63. The van der Waals surface area contributed by atoms with Gasteiger partial charge in [-0.2, -0.15) is 0 Å². The molecule has 1 aromatic carbocycles. The summed E-state index contributed by atoms with van der Waals surface area (Å²) in [5, 5.41) is 3.38. The molecular formula is C13H17IN2. The predicted molar refractivity (Wildman–Crippen MR) is 76.5 cm³/mol. The van der Waals surface area contributed by atoms with Crippen LogP contribution in [0, 0.1) is 3.57 Å². The first kappa shape index (κ1) is 12.1. The number of hydrogen-bond donors (Lipinski definition) is 1. The first-order valence-electron chi connectivity index (χ1n) is 5.64. The fourth-order valence-electron chi connectivity index (χ4n) is 2.15. The average molecular weight is 328 g/mol. The summed E-state index contributed by atoms with van der Waals surface area (Å²) in [6.07, 6.45) is 2.05. The molecule has 0 amide bonds. The Kier molecular flexibility index (Phi) is 4.37. The molecule has 1 aliphatic rings. The van der Waals surface area contributed by atoms with Crippen molar-refractivity contribution in [2.45, 2.75) is 6.04 Å². The van der Waals surface area contributed by atoms with Gasteiger partial charge in [0.2, 0.25) is 0 Å². The molecule has 0 spiro atoms. The van der Waals surface area contributed by atoms with E-state index in [-0.39, 0.29) is 0 Å². The van der Waals surface area contributed by atoms with Crippen molar-refractivity contribution in [1.82, 2.24) is 10.2 Å². The van der Waals surface area contributed by atoms with Crippen LogP contribution in [0.5, 0.6) is 0 Å². The van der Waals surface area contributed by atoms with Crippen molar-refractivity contribution < 1.29 is 0 Å². The summed E-state index contributed by atoms with van der Waals surface area (Å²) in [5.41, 5.74) is 1.35. The van der Waals surface area contributed by atoms with Gasteiger partial charge in [-0.05, 0) is 40.3 Å². The van der Waals surface area contributed by atoms with E-state index in [9.17, 15) is 0 Å². The van der Waals surface area contributed by atoms with E-state index in [2.05, 4.69) is 69.7 Å². The fraction of sp³-hybridized carbons (Fsp3) is 0.385. The molecule has 0 saturated carbocycles. The maximum atomic E-state index is 3.98. The van der Waals surface area contributed by atoms with E-state index in [0.29, 0.717) is 6.04 Å². The highest BCUT2D eigenvalue weighted by molar-refractivity contribution is 14.1. The SMILES string of the molecule is C=C[C@@H](c1cccc(I)c1)N1CCNCC1. The number of halogens is 1. The van der Waals surface area contributed by atoms with Gasteiger partial charge in [-0.25, -0.2) is 0 Å². The molecular weight excluding hydrogens is 311 g/mol. The number of rotatable bonds is 3. The highest BCUT2D eigenvalue weighted by Crippen LogP contribution is 2.23. The van der Waals surface area contributed by atoms with Crippen molar-refractivity contribution in [3.8, 4) is 0 Å². The van der Waals surface area contributed by atoms with E-state index < -0.39 is 0 Å². The lowest BCUT2D eigenvalue weighted by Crippen LogP contribution is -2.44. The van der Waals surface area contributed by atoms with Gasteiger partial charge in [-0.1, -0.05) is 18.2 Å². The van der Waals surface area contributed by atoms with Gasteiger partial charge in [0.05, 0.1) is 6.04 Å². The molecule has 0 radical (unpaired) electrons. The van der Waals surface area contributed by atoms with E-state index in [1.54, 1.807) is 0 Å². The van der Waals surface area contributed by atoms with Gasteiger partial charge < -0.3 is 5.32 Å². The third-order valence-electron chi connectivity index (χ3n) is 2.96. The minimum atomic E-state index is 0.358. The van der Waals surface area contributed by atoms with E-state index in [4.69, 9.17) is 0 Å². The zero-order chi connectivity index (χ0) is 11.4. The summed E-state index contributed by atoms with van der Waals surface area (Å²) in [6, 6.07) is 9.04. The Labute approximate surface area is 111 Å². The van der Waals surface area contributed by atoms with Gasteiger partial charge in [-0.3, -0.25) is 4.90 Å². The summed E-state index contributed by atoms with van der Waals surface area (Å²) in [6.45, 7) is 8.33. The molecule has 0 unspecified atom stereocenters. The van der Waals surface area contributed by atoms with Crippen molar-refractivity contribution in [2.24, 2.45) is 0 Å². The third kappa shape index (κ3) is 2.84. The van der Waals surface area contributed by atoms with E-state index in [1.165, 1.54) is 9.13 Å². The van der Waals surface area contributed by atoms with Crippen molar-refractivity contribution in [3.05, 3.63) is 46.1 Å². The van der Waals surface area contributed by atoms with Crippen LogP contribution in [0.3, 0.4) is 0 Å². The highest BCUT2D eigenvalue weighted by atomic mass is 127. The van der Waals surface area contributed by atoms with E-state index in [1.807, 2.05) is 0 Å². The fourth-order valence-corrected chi connectivity index (χ4v) is 2.71. The summed E-state index contributed by atoms with van der Waals surface area (Å²) in [4.78, 5) is 2.48. The molecule has 1 saturated heterocycles. The first-order valence-corrected chi connectivity index (χ1v) is 6.72. The second-order valence-corrected chi connectivity index (χ2v) is 5.27. The number of benzene rings is 1. The lowest BCUT2D eigenvalue weighted by atomic mass is 10.0. The van der Waals surface area contributed by atoms with Gasteiger partial charge in [-0.15, -0.1) is 6.58 Å². The molecule has 1 aromatic rings. The summed E-state index contributed by atoms with van der Waals surface area (Å²) < 4.78 is 1.29. The molecule has 1 aliphatic heterocycles. The molecule has 0 bridgehead atoms. The topological polar surface area (TPSA) is 15.3 Å². The molecule has 2 nitrogen and oxygen atoms in total. The molecule has 1 heterocycles. The second kappa shape index (κ2) is 5.80. The zero-order valence-electron chi connectivity index (χ0n) is 9.32. The van der Waals surface area contributed by atoms with Crippen molar-refractivity contribution >= 4 is 22.6 Å². The van der Waals surface area contributed by atoms with Crippen molar-refractivity contribution in [2.75, 3.05) is 26.2 Å². The summed E-state index contributed by atoms with van der Waals surface area (Å²) in [5.74, 6) is 0. The van der Waals surface area contributed by atoms with Crippen LogP contribution in [-0.4, -0.2) is 31.1 Å². The molecule has 1 fully saturated rings. The molecule has 1 N–H and O–H groups in total. The smallest absolute Gasteiger partial charge is 0.0530 e. The summed E-state index contributed by atoms with van der Waals surface area (Å²) in [7, 11) is 0. The Morgan fingerprint density at radius 2 is 2.12 bits per heavy atom. The lowest BCUT2D eigenvalue weighted by molar-refractivity contribution is 0.203. The van der Waals surface area contributed by atoms with Gasteiger partial charge in [0.15, 0.2) is 0 Å². The van der Waals surface area contributed by atoms with E-state index in [0.717, 1.165) is 26.2 Å². The van der Waals surface area contributed by atoms with Gasteiger partial charge >= 0.3 is 0 Å². The minimum absolute atomic E-state index is 0.358. The maximum Gasteiger partial charge on any atom is 0.0530 e. The second-order valence-electron chi connectivity index (χ2n) is 4.02. The van der Waals surface area contributed by atoms with Gasteiger partial charge in [0, 0.05) is 29.7 Å². The quantitative estimate of drug-likeness (QED) is 0.677. The Morgan fingerprint density at radius 3 is 2.75 bits per heavy atom. The minimum Gasteiger partial charge on any atom is -0.314 e.